The Labute approximate surface area is 219 Å². The van der Waals surface area contributed by atoms with Gasteiger partial charge in [0.15, 0.2) is 0 Å². The quantitative estimate of drug-likeness (QED) is 0.276. The first-order valence-electron chi connectivity index (χ1n) is 11.7. The van der Waals surface area contributed by atoms with Gasteiger partial charge in [0.1, 0.15) is 17.2 Å². The van der Waals surface area contributed by atoms with E-state index in [1.165, 1.54) is 11.8 Å². The van der Waals surface area contributed by atoms with E-state index in [1.54, 1.807) is 57.7 Å². The standard InChI is InChI=1S/C28H29N3O5S/c1-34-19-12-13-22(25(16-19)36-3)30-27(32)18-37-26-17-31(23-10-6-4-8-20(23)26)15-14-29-28(33)21-9-5-7-11-24(21)35-2/h4-13,16-17H,14-15,18H2,1-3H3,(H,29,33)(H,30,32). The van der Waals surface area contributed by atoms with Gasteiger partial charge in [-0.1, -0.05) is 30.3 Å². The summed E-state index contributed by atoms with van der Waals surface area (Å²) in [5.74, 6) is 1.62. The number of nitrogens with one attached hydrogen (secondary N) is 2. The predicted octanol–water partition coefficient (Wildman–Crippen LogP) is 4.83. The molecule has 0 fully saturated rings. The number of nitrogens with zero attached hydrogens (tertiary/aromatic N) is 1. The zero-order valence-corrected chi connectivity index (χ0v) is 21.8. The van der Waals surface area contributed by atoms with Crippen molar-refractivity contribution in [2.24, 2.45) is 0 Å². The number of hydrogen-bond donors (Lipinski definition) is 2. The molecule has 3 aromatic carbocycles. The zero-order chi connectivity index (χ0) is 26.2. The molecule has 9 heteroatoms. The Balaban J connectivity index is 1.40. The number of methoxy groups -OCH3 is 3. The topological polar surface area (TPSA) is 90.8 Å². The van der Waals surface area contributed by atoms with Crippen LogP contribution in [0.25, 0.3) is 10.9 Å². The first-order valence-corrected chi connectivity index (χ1v) is 12.7. The summed E-state index contributed by atoms with van der Waals surface area (Å²) >= 11 is 1.46. The summed E-state index contributed by atoms with van der Waals surface area (Å²) in [5, 5.41) is 6.92. The fourth-order valence-corrected chi connectivity index (χ4v) is 4.85. The van der Waals surface area contributed by atoms with E-state index in [0.717, 1.165) is 15.8 Å². The molecule has 0 aliphatic carbocycles. The molecular weight excluding hydrogens is 490 g/mol. The summed E-state index contributed by atoms with van der Waals surface area (Å²) in [6.07, 6.45) is 2.02. The molecule has 0 saturated carbocycles. The Morgan fingerprint density at radius 3 is 2.43 bits per heavy atom. The maximum absolute atomic E-state index is 12.7. The number of aromatic nitrogens is 1. The Bertz CT molecular complexity index is 1400. The number of fused-ring (bicyclic) bond motifs is 1. The summed E-state index contributed by atoms with van der Waals surface area (Å²) in [7, 11) is 4.67. The number of thioether (sulfide) groups is 1. The normalized spacial score (nSPS) is 10.7. The molecule has 2 N–H and O–H groups in total. The molecule has 37 heavy (non-hydrogen) atoms. The van der Waals surface area contributed by atoms with Gasteiger partial charge in [0.2, 0.25) is 5.91 Å². The van der Waals surface area contributed by atoms with E-state index in [2.05, 4.69) is 15.2 Å². The van der Waals surface area contributed by atoms with Crippen molar-refractivity contribution in [3.05, 3.63) is 78.5 Å². The second kappa shape index (κ2) is 12.2. The Hall–Kier alpha value is -4.11. The van der Waals surface area contributed by atoms with Gasteiger partial charge in [0.25, 0.3) is 5.91 Å². The van der Waals surface area contributed by atoms with Gasteiger partial charge < -0.3 is 29.4 Å². The summed E-state index contributed by atoms with van der Waals surface area (Å²) in [5.41, 5.74) is 2.12. The van der Waals surface area contributed by atoms with Crippen molar-refractivity contribution >= 4 is 40.2 Å². The van der Waals surface area contributed by atoms with Crippen molar-refractivity contribution in [3.8, 4) is 17.2 Å². The van der Waals surface area contributed by atoms with Crippen molar-refractivity contribution in [3.63, 3.8) is 0 Å². The van der Waals surface area contributed by atoms with Crippen LogP contribution in [-0.4, -0.2) is 50.0 Å². The number of benzene rings is 3. The van der Waals surface area contributed by atoms with E-state index in [1.807, 2.05) is 36.5 Å². The fraction of sp³-hybridized carbons (Fsp3) is 0.214. The van der Waals surface area contributed by atoms with Crippen LogP contribution in [-0.2, 0) is 11.3 Å². The molecule has 0 saturated heterocycles. The van der Waals surface area contributed by atoms with E-state index < -0.39 is 0 Å². The second-order valence-corrected chi connectivity index (χ2v) is 9.08. The van der Waals surface area contributed by atoms with Gasteiger partial charge in [0.05, 0.1) is 38.3 Å². The van der Waals surface area contributed by atoms with Gasteiger partial charge >= 0.3 is 0 Å². The number of rotatable bonds is 11. The van der Waals surface area contributed by atoms with Gasteiger partial charge in [-0.3, -0.25) is 9.59 Å². The van der Waals surface area contributed by atoms with Crippen LogP contribution < -0.4 is 24.8 Å². The molecule has 4 aromatic rings. The smallest absolute Gasteiger partial charge is 0.255 e. The lowest BCUT2D eigenvalue weighted by molar-refractivity contribution is -0.113. The highest BCUT2D eigenvalue weighted by molar-refractivity contribution is 8.00. The van der Waals surface area contributed by atoms with Crippen LogP contribution in [0.2, 0.25) is 0 Å². The summed E-state index contributed by atoms with van der Waals surface area (Å²) in [4.78, 5) is 26.3. The molecule has 192 valence electrons. The number of para-hydroxylation sites is 2. The summed E-state index contributed by atoms with van der Waals surface area (Å²) in [6.45, 7) is 1.02. The maximum Gasteiger partial charge on any atom is 0.255 e. The highest BCUT2D eigenvalue weighted by Gasteiger charge is 2.14. The van der Waals surface area contributed by atoms with Crippen molar-refractivity contribution in [2.75, 3.05) is 38.9 Å². The average molecular weight is 520 g/mol. The molecule has 0 aliphatic heterocycles. The molecule has 4 rings (SSSR count). The number of anilines is 1. The lowest BCUT2D eigenvalue weighted by Gasteiger charge is -2.11. The summed E-state index contributed by atoms with van der Waals surface area (Å²) in [6, 6.07) is 20.4. The maximum atomic E-state index is 12.7. The minimum atomic E-state index is -0.186. The number of hydrogen-bond acceptors (Lipinski definition) is 6. The molecule has 2 amide bonds. The molecule has 0 spiro atoms. The average Bonchev–Trinajstić information content (AvgIpc) is 3.29. The monoisotopic (exact) mass is 519 g/mol. The zero-order valence-electron chi connectivity index (χ0n) is 20.9. The first-order chi connectivity index (χ1) is 18.0. The van der Waals surface area contributed by atoms with Crippen LogP contribution in [0.4, 0.5) is 5.69 Å². The van der Waals surface area contributed by atoms with Crippen LogP contribution in [0.5, 0.6) is 17.2 Å². The van der Waals surface area contributed by atoms with Crippen molar-refractivity contribution < 1.29 is 23.8 Å². The van der Waals surface area contributed by atoms with E-state index in [4.69, 9.17) is 14.2 Å². The third-order valence-corrected chi connectivity index (χ3v) is 6.83. The molecule has 1 aromatic heterocycles. The fourth-order valence-electron chi connectivity index (χ4n) is 3.96. The van der Waals surface area contributed by atoms with Crippen LogP contribution in [0, 0.1) is 0 Å². The molecule has 0 unspecified atom stereocenters. The van der Waals surface area contributed by atoms with Crippen LogP contribution in [0.1, 0.15) is 10.4 Å². The molecule has 0 aliphatic rings. The highest BCUT2D eigenvalue weighted by atomic mass is 32.2. The van der Waals surface area contributed by atoms with Crippen LogP contribution in [0.15, 0.2) is 77.8 Å². The third kappa shape index (κ3) is 6.18. The van der Waals surface area contributed by atoms with Crippen LogP contribution in [0.3, 0.4) is 0 Å². The number of ether oxygens (including phenoxy) is 3. The minimum Gasteiger partial charge on any atom is -0.497 e. The predicted molar refractivity (Wildman–Crippen MR) is 146 cm³/mol. The molecule has 0 atom stereocenters. The van der Waals surface area contributed by atoms with E-state index in [0.29, 0.717) is 41.6 Å². The van der Waals surface area contributed by atoms with E-state index in [9.17, 15) is 9.59 Å². The summed E-state index contributed by atoms with van der Waals surface area (Å²) < 4.78 is 18.0. The molecule has 0 radical (unpaired) electrons. The molecular formula is C28H29N3O5S. The largest absolute Gasteiger partial charge is 0.497 e. The Morgan fingerprint density at radius 2 is 1.65 bits per heavy atom. The molecule has 1 heterocycles. The van der Waals surface area contributed by atoms with Gasteiger partial charge in [-0.05, 0) is 30.3 Å². The van der Waals surface area contributed by atoms with Gasteiger partial charge in [-0.15, -0.1) is 11.8 Å². The van der Waals surface area contributed by atoms with Crippen molar-refractivity contribution in [1.29, 1.82) is 0 Å². The number of carbonyl (C=O) groups is 2. The SMILES string of the molecule is COc1ccc(NC(=O)CSc2cn(CCNC(=O)c3ccccc3OC)c3ccccc23)c(OC)c1. The first kappa shape index (κ1) is 26.0. The van der Waals surface area contributed by atoms with Gasteiger partial charge in [0, 0.05) is 41.2 Å². The third-order valence-electron chi connectivity index (χ3n) is 5.78. The van der Waals surface area contributed by atoms with Crippen molar-refractivity contribution in [1.82, 2.24) is 9.88 Å². The Morgan fingerprint density at radius 1 is 0.892 bits per heavy atom. The van der Waals surface area contributed by atoms with E-state index in [-0.39, 0.29) is 17.6 Å². The Kier molecular flexibility index (Phi) is 8.58. The number of amides is 2. The minimum absolute atomic E-state index is 0.144. The van der Waals surface area contributed by atoms with Crippen molar-refractivity contribution in [2.45, 2.75) is 11.4 Å². The molecule has 0 bridgehead atoms. The second-order valence-electron chi connectivity index (χ2n) is 8.06. The van der Waals surface area contributed by atoms with Gasteiger partial charge in [-0.25, -0.2) is 0 Å². The lowest BCUT2D eigenvalue weighted by Crippen LogP contribution is -2.27. The lowest BCUT2D eigenvalue weighted by atomic mass is 10.2. The van der Waals surface area contributed by atoms with Crippen LogP contribution >= 0.6 is 11.8 Å². The van der Waals surface area contributed by atoms with E-state index >= 15 is 0 Å². The molecule has 8 nitrogen and oxygen atoms in total. The highest BCUT2D eigenvalue weighted by Crippen LogP contribution is 2.32. The van der Waals surface area contributed by atoms with Gasteiger partial charge in [-0.2, -0.15) is 0 Å². The number of carbonyl (C=O) groups excluding carboxylic acids is 2.